The molecule has 5 nitrogen and oxygen atoms in total. The maximum atomic E-state index is 13.2. The Morgan fingerprint density at radius 2 is 1.82 bits per heavy atom. The first-order chi connectivity index (χ1) is 13.7. The first-order valence-electron chi connectivity index (χ1n) is 11.3. The lowest BCUT2D eigenvalue weighted by Crippen LogP contribution is -2.57. The molecule has 2 amide bonds. The minimum absolute atomic E-state index is 0.0113. The molecule has 1 spiro atoms. The molecule has 4 aliphatic heterocycles. The van der Waals surface area contributed by atoms with Crippen LogP contribution in [0.3, 0.4) is 0 Å². The number of hydrogen-bond acceptors (Lipinski definition) is 3. The highest BCUT2D eigenvalue weighted by atomic mass is 16.2. The fraction of sp³-hybridized carbons (Fsp3) is 0.652. The predicted octanol–water partition coefficient (Wildman–Crippen LogP) is 4.12. The lowest BCUT2D eigenvalue weighted by atomic mass is 9.84. The first-order valence-corrected chi connectivity index (χ1v) is 11.3. The number of hydrogen-bond donors (Lipinski definition) is 1. The van der Waals surface area contributed by atoms with Crippen molar-refractivity contribution in [3.8, 4) is 0 Å². The summed E-state index contributed by atoms with van der Waals surface area (Å²) in [4.78, 5) is 23.0. The number of aliphatic imine (C=N–C) groups is 1. The van der Waals surface area contributed by atoms with Crippen molar-refractivity contribution in [1.29, 1.82) is 0 Å². The maximum absolute atomic E-state index is 13.2. The van der Waals surface area contributed by atoms with Crippen molar-refractivity contribution < 1.29 is 4.79 Å². The monoisotopic (exact) mass is 380 g/mol. The van der Waals surface area contributed by atoms with Gasteiger partial charge in [-0.25, -0.2) is 4.79 Å². The minimum Gasteiger partial charge on any atom is -0.303 e. The van der Waals surface area contributed by atoms with Gasteiger partial charge in [0.1, 0.15) is 11.4 Å². The number of piperidine rings is 1. The van der Waals surface area contributed by atoms with Crippen LogP contribution in [0.2, 0.25) is 0 Å². The summed E-state index contributed by atoms with van der Waals surface area (Å²) in [6, 6.07) is 9.04. The molecule has 2 saturated heterocycles. The molecule has 28 heavy (non-hydrogen) atoms. The Morgan fingerprint density at radius 1 is 1.00 bits per heavy atom. The van der Waals surface area contributed by atoms with Gasteiger partial charge >= 0.3 is 6.03 Å². The minimum atomic E-state index is -0.289. The fourth-order valence-electron chi connectivity index (χ4n) is 5.61. The van der Waals surface area contributed by atoms with E-state index in [4.69, 9.17) is 4.99 Å². The summed E-state index contributed by atoms with van der Waals surface area (Å²) in [6.07, 6.45) is 11.7. The summed E-state index contributed by atoms with van der Waals surface area (Å²) in [5.41, 5.74) is 2.09. The normalized spacial score (nSPS) is 32.6. The highest BCUT2D eigenvalue weighted by Gasteiger charge is 2.53. The highest BCUT2D eigenvalue weighted by molar-refractivity contribution is 6.19. The van der Waals surface area contributed by atoms with E-state index in [0.717, 1.165) is 56.7 Å². The van der Waals surface area contributed by atoms with Crippen LogP contribution in [-0.2, 0) is 6.42 Å². The van der Waals surface area contributed by atoms with Crippen molar-refractivity contribution in [2.45, 2.75) is 75.8 Å². The first kappa shape index (κ1) is 18.2. The third-order valence-corrected chi connectivity index (χ3v) is 7.23. The van der Waals surface area contributed by atoms with Crippen molar-refractivity contribution in [2.75, 3.05) is 24.5 Å². The van der Waals surface area contributed by atoms with Gasteiger partial charge in [0.25, 0.3) is 0 Å². The van der Waals surface area contributed by atoms with Crippen LogP contribution < -0.4 is 10.2 Å². The zero-order chi connectivity index (χ0) is 19.0. The number of benzene rings is 1. The van der Waals surface area contributed by atoms with Crippen molar-refractivity contribution in [1.82, 2.24) is 10.2 Å². The average Bonchev–Trinajstić information content (AvgIpc) is 2.97. The second-order valence-corrected chi connectivity index (χ2v) is 9.04. The van der Waals surface area contributed by atoms with Gasteiger partial charge in [-0.3, -0.25) is 15.2 Å². The maximum Gasteiger partial charge on any atom is 0.328 e. The smallest absolute Gasteiger partial charge is 0.303 e. The number of amidine groups is 1. The number of nitrogens with one attached hydrogen (secondary N) is 1. The zero-order valence-corrected chi connectivity index (χ0v) is 16.8. The van der Waals surface area contributed by atoms with E-state index in [1.165, 1.54) is 44.2 Å². The van der Waals surface area contributed by atoms with Crippen molar-refractivity contribution in [3.63, 3.8) is 0 Å². The van der Waals surface area contributed by atoms with Crippen LogP contribution in [-0.4, -0.2) is 48.0 Å². The molecule has 0 radical (unpaired) electrons. The summed E-state index contributed by atoms with van der Waals surface area (Å²) in [5, 5.41) is 3.21. The lowest BCUT2D eigenvalue weighted by Gasteiger charge is -2.44. The summed E-state index contributed by atoms with van der Waals surface area (Å²) >= 11 is 0. The molecule has 5 aliphatic rings. The lowest BCUT2D eigenvalue weighted by molar-refractivity contribution is 0.188. The molecule has 6 rings (SSSR count). The quantitative estimate of drug-likeness (QED) is 0.797. The van der Waals surface area contributed by atoms with Crippen molar-refractivity contribution in [2.24, 2.45) is 4.99 Å². The summed E-state index contributed by atoms with van der Waals surface area (Å²) in [6.45, 7) is 3.27. The predicted molar refractivity (Wildman–Crippen MR) is 113 cm³/mol. The number of anilines is 1. The van der Waals surface area contributed by atoms with E-state index in [0.29, 0.717) is 6.04 Å². The van der Waals surface area contributed by atoms with E-state index in [9.17, 15) is 4.79 Å². The van der Waals surface area contributed by atoms with Crippen LogP contribution in [0.1, 0.15) is 63.4 Å². The Balaban J connectivity index is 1.56. The van der Waals surface area contributed by atoms with E-state index in [1.807, 2.05) is 0 Å². The number of urea groups is 1. The van der Waals surface area contributed by atoms with E-state index in [1.54, 1.807) is 0 Å². The molecule has 1 aliphatic carbocycles. The van der Waals surface area contributed by atoms with Crippen LogP contribution in [0.4, 0.5) is 10.5 Å². The summed E-state index contributed by atoms with van der Waals surface area (Å²) < 4.78 is 0. The van der Waals surface area contributed by atoms with Gasteiger partial charge in [-0.05, 0) is 69.2 Å². The third-order valence-electron chi connectivity index (χ3n) is 7.23. The number of fused-ring (bicyclic) bond motifs is 5. The molecule has 0 unspecified atom stereocenters. The molecule has 1 N–H and O–H groups in total. The molecule has 3 fully saturated rings. The fourth-order valence-corrected chi connectivity index (χ4v) is 5.61. The molecule has 0 atom stereocenters. The SMILES string of the molecule is O=C1NC(=NC2CCCCC2)C23CCN(CCCCc4cccc(c4)N12)CC3. The Bertz CT molecular complexity index is 760. The summed E-state index contributed by atoms with van der Waals surface area (Å²) in [7, 11) is 0. The van der Waals surface area contributed by atoms with Gasteiger partial charge < -0.3 is 4.90 Å². The topological polar surface area (TPSA) is 47.9 Å². The highest BCUT2D eigenvalue weighted by Crippen LogP contribution is 2.39. The number of carbonyl (C=O) groups excluding carboxylic acids is 1. The number of rotatable bonds is 1. The second-order valence-electron chi connectivity index (χ2n) is 9.04. The van der Waals surface area contributed by atoms with Gasteiger partial charge in [0.15, 0.2) is 0 Å². The number of nitrogens with zero attached hydrogens (tertiary/aromatic N) is 3. The van der Waals surface area contributed by atoms with Gasteiger partial charge in [0.2, 0.25) is 0 Å². The van der Waals surface area contributed by atoms with Crippen molar-refractivity contribution in [3.05, 3.63) is 29.8 Å². The van der Waals surface area contributed by atoms with Gasteiger partial charge in [-0.15, -0.1) is 0 Å². The molecular weight excluding hydrogens is 348 g/mol. The van der Waals surface area contributed by atoms with E-state index < -0.39 is 0 Å². The van der Waals surface area contributed by atoms with E-state index in [2.05, 4.69) is 39.4 Å². The van der Waals surface area contributed by atoms with E-state index >= 15 is 0 Å². The van der Waals surface area contributed by atoms with Gasteiger partial charge in [-0.2, -0.15) is 0 Å². The zero-order valence-electron chi connectivity index (χ0n) is 16.8. The molecule has 4 bridgehead atoms. The van der Waals surface area contributed by atoms with E-state index in [-0.39, 0.29) is 11.6 Å². The van der Waals surface area contributed by atoms with Gasteiger partial charge in [0.05, 0.1) is 6.04 Å². The Kier molecular flexibility index (Phi) is 4.87. The molecule has 1 aromatic carbocycles. The number of carbonyl (C=O) groups is 1. The molecule has 1 aromatic rings. The molecule has 1 saturated carbocycles. The summed E-state index contributed by atoms with van der Waals surface area (Å²) in [5.74, 6) is 0.950. The molecule has 150 valence electrons. The van der Waals surface area contributed by atoms with Crippen LogP contribution in [0.25, 0.3) is 0 Å². The van der Waals surface area contributed by atoms with Crippen LogP contribution in [0, 0.1) is 0 Å². The number of amides is 2. The van der Waals surface area contributed by atoms with Gasteiger partial charge in [0, 0.05) is 18.8 Å². The Hall–Kier alpha value is -1.88. The Morgan fingerprint density at radius 3 is 2.64 bits per heavy atom. The average molecular weight is 381 g/mol. The molecule has 5 heteroatoms. The van der Waals surface area contributed by atoms with Crippen LogP contribution in [0.5, 0.6) is 0 Å². The Labute approximate surface area is 168 Å². The largest absolute Gasteiger partial charge is 0.328 e. The molecular formula is C23H32N4O. The molecule has 4 heterocycles. The van der Waals surface area contributed by atoms with Crippen LogP contribution >= 0.6 is 0 Å². The van der Waals surface area contributed by atoms with Crippen molar-refractivity contribution >= 4 is 17.6 Å². The van der Waals surface area contributed by atoms with Crippen LogP contribution in [0.15, 0.2) is 29.3 Å². The third kappa shape index (κ3) is 3.24. The standard InChI is InChI=1S/C23H32N4O/c28-22-25-21(24-19-9-2-1-3-10-19)23-12-15-26(16-13-23)14-5-4-7-18-8-6-11-20(17-18)27(22)23/h6,8,11,17,19H,1-5,7,9-10,12-16H2,(H,24,25,28). The molecule has 0 aromatic heterocycles. The number of aryl methyl sites for hydroxylation is 1. The second kappa shape index (κ2) is 7.51. The van der Waals surface area contributed by atoms with Gasteiger partial charge in [-0.1, -0.05) is 31.4 Å².